The number of amides is 1. The number of piperidine rings is 1. The third kappa shape index (κ3) is 2.61. The molecule has 0 aromatic heterocycles. The summed E-state index contributed by atoms with van der Waals surface area (Å²) in [5, 5.41) is 0. The Morgan fingerprint density at radius 2 is 1.88 bits per heavy atom. The standard InChI is InChI=1S/C13H22BrNO/c1-10-6-3-2-4-8-12(10)15-9-5-7-11(14)13(15)16/h10-12H,2-9H2,1H3. The molecule has 2 rings (SSSR count). The van der Waals surface area contributed by atoms with E-state index in [9.17, 15) is 4.79 Å². The molecule has 1 aliphatic heterocycles. The van der Waals surface area contributed by atoms with Gasteiger partial charge in [0.2, 0.25) is 5.91 Å². The smallest absolute Gasteiger partial charge is 0.236 e. The zero-order chi connectivity index (χ0) is 11.5. The molecule has 1 saturated heterocycles. The molecule has 3 atom stereocenters. The number of halogens is 1. The fourth-order valence-electron chi connectivity index (χ4n) is 3.12. The first kappa shape index (κ1) is 12.4. The second-order valence-electron chi connectivity index (χ2n) is 5.32. The van der Waals surface area contributed by atoms with Gasteiger partial charge in [-0.15, -0.1) is 0 Å². The summed E-state index contributed by atoms with van der Waals surface area (Å²) in [4.78, 5) is 14.4. The van der Waals surface area contributed by atoms with Crippen LogP contribution >= 0.6 is 15.9 Å². The largest absolute Gasteiger partial charge is 0.338 e. The van der Waals surface area contributed by atoms with E-state index in [1.165, 1.54) is 32.1 Å². The van der Waals surface area contributed by atoms with E-state index in [2.05, 4.69) is 27.8 Å². The van der Waals surface area contributed by atoms with Crippen LogP contribution in [-0.4, -0.2) is 28.2 Å². The molecule has 1 amide bonds. The lowest BCUT2D eigenvalue weighted by molar-refractivity contribution is -0.136. The van der Waals surface area contributed by atoms with Crippen molar-refractivity contribution < 1.29 is 4.79 Å². The van der Waals surface area contributed by atoms with Crippen molar-refractivity contribution in [2.75, 3.05) is 6.54 Å². The molecule has 16 heavy (non-hydrogen) atoms. The SMILES string of the molecule is CC1CCCCCC1N1CCCC(Br)C1=O. The summed E-state index contributed by atoms with van der Waals surface area (Å²) in [6.45, 7) is 3.30. The predicted octanol–water partition coefficient (Wildman–Crippen LogP) is 3.34. The van der Waals surface area contributed by atoms with Crippen LogP contribution in [0.3, 0.4) is 0 Å². The first-order chi connectivity index (χ1) is 7.70. The van der Waals surface area contributed by atoms with Crippen molar-refractivity contribution in [3.8, 4) is 0 Å². The summed E-state index contributed by atoms with van der Waals surface area (Å²) in [7, 11) is 0. The maximum absolute atomic E-state index is 12.2. The quantitative estimate of drug-likeness (QED) is 0.535. The van der Waals surface area contributed by atoms with Gasteiger partial charge >= 0.3 is 0 Å². The van der Waals surface area contributed by atoms with Gasteiger partial charge in [0, 0.05) is 12.6 Å². The number of hydrogen-bond donors (Lipinski definition) is 0. The minimum Gasteiger partial charge on any atom is -0.338 e. The Morgan fingerprint density at radius 3 is 2.69 bits per heavy atom. The molecule has 0 N–H and O–H groups in total. The van der Waals surface area contributed by atoms with Gasteiger partial charge in [0.15, 0.2) is 0 Å². The Kier molecular flexibility index (Phi) is 4.28. The minimum absolute atomic E-state index is 0.0803. The normalized spacial score (nSPS) is 37.2. The van der Waals surface area contributed by atoms with Crippen LogP contribution in [0.5, 0.6) is 0 Å². The van der Waals surface area contributed by atoms with E-state index in [-0.39, 0.29) is 4.83 Å². The summed E-state index contributed by atoms with van der Waals surface area (Å²) < 4.78 is 0. The van der Waals surface area contributed by atoms with Gasteiger partial charge < -0.3 is 4.90 Å². The molecule has 0 aromatic rings. The maximum atomic E-state index is 12.2. The van der Waals surface area contributed by atoms with Crippen LogP contribution in [0.2, 0.25) is 0 Å². The third-order valence-electron chi connectivity index (χ3n) is 4.12. The highest BCUT2D eigenvalue weighted by Gasteiger charge is 2.34. The van der Waals surface area contributed by atoms with Gasteiger partial charge in [-0.1, -0.05) is 42.1 Å². The molecule has 2 nitrogen and oxygen atoms in total. The van der Waals surface area contributed by atoms with Gasteiger partial charge in [-0.3, -0.25) is 4.79 Å². The van der Waals surface area contributed by atoms with Gasteiger partial charge in [0.1, 0.15) is 0 Å². The molecular weight excluding hydrogens is 266 g/mol. The summed E-state index contributed by atoms with van der Waals surface area (Å²) in [5.41, 5.74) is 0. The van der Waals surface area contributed by atoms with Crippen molar-refractivity contribution in [3.63, 3.8) is 0 Å². The van der Waals surface area contributed by atoms with Crippen molar-refractivity contribution in [2.45, 2.75) is 62.7 Å². The molecule has 0 radical (unpaired) electrons. The van der Waals surface area contributed by atoms with Crippen LogP contribution in [0.15, 0.2) is 0 Å². The van der Waals surface area contributed by atoms with Crippen LogP contribution < -0.4 is 0 Å². The second-order valence-corrected chi connectivity index (χ2v) is 6.43. The molecule has 0 spiro atoms. The van der Waals surface area contributed by atoms with E-state index in [0.717, 1.165) is 19.4 Å². The van der Waals surface area contributed by atoms with Crippen LogP contribution in [0, 0.1) is 5.92 Å². The van der Waals surface area contributed by atoms with Crippen LogP contribution in [0.4, 0.5) is 0 Å². The molecule has 3 unspecified atom stereocenters. The van der Waals surface area contributed by atoms with E-state index in [0.29, 0.717) is 17.9 Å². The van der Waals surface area contributed by atoms with Crippen LogP contribution in [0.25, 0.3) is 0 Å². The zero-order valence-corrected chi connectivity index (χ0v) is 11.7. The molecule has 92 valence electrons. The highest BCUT2D eigenvalue weighted by Crippen LogP contribution is 2.30. The lowest BCUT2D eigenvalue weighted by Crippen LogP contribution is -2.49. The summed E-state index contributed by atoms with van der Waals surface area (Å²) in [5.74, 6) is 1.02. The maximum Gasteiger partial charge on any atom is 0.236 e. The third-order valence-corrected chi connectivity index (χ3v) is 4.97. The molecule has 1 saturated carbocycles. The topological polar surface area (TPSA) is 20.3 Å². The van der Waals surface area contributed by atoms with Crippen molar-refractivity contribution in [3.05, 3.63) is 0 Å². The van der Waals surface area contributed by atoms with E-state index in [4.69, 9.17) is 0 Å². The van der Waals surface area contributed by atoms with Crippen molar-refractivity contribution in [2.24, 2.45) is 5.92 Å². The van der Waals surface area contributed by atoms with Crippen LogP contribution in [0.1, 0.15) is 51.9 Å². The first-order valence-corrected chi connectivity index (χ1v) is 7.56. The summed E-state index contributed by atoms with van der Waals surface area (Å²) in [6.07, 6.45) is 8.67. The monoisotopic (exact) mass is 287 g/mol. The molecule has 1 heterocycles. The zero-order valence-electron chi connectivity index (χ0n) is 10.1. The van der Waals surface area contributed by atoms with E-state index in [1.54, 1.807) is 0 Å². The molecule has 2 aliphatic rings. The first-order valence-electron chi connectivity index (χ1n) is 6.64. The number of likely N-dealkylation sites (tertiary alicyclic amines) is 1. The number of carbonyl (C=O) groups excluding carboxylic acids is 1. The van der Waals surface area contributed by atoms with E-state index < -0.39 is 0 Å². The Labute approximate surface area is 107 Å². The number of rotatable bonds is 1. The minimum atomic E-state index is 0.0803. The highest BCUT2D eigenvalue weighted by atomic mass is 79.9. The number of carbonyl (C=O) groups is 1. The molecule has 3 heteroatoms. The molecule has 1 aliphatic carbocycles. The molecule has 0 aromatic carbocycles. The van der Waals surface area contributed by atoms with Gasteiger partial charge in [-0.05, 0) is 31.6 Å². The van der Waals surface area contributed by atoms with Gasteiger partial charge in [-0.25, -0.2) is 0 Å². The Balaban J connectivity index is 2.05. The fraction of sp³-hybridized carbons (Fsp3) is 0.923. The average molecular weight is 288 g/mol. The summed E-state index contributed by atoms with van der Waals surface area (Å²) in [6, 6.07) is 0.510. The second kappa shape index (κ2) is 5.52. The fourth-order valence-corrected chi connectivity index (χ4v) is 3.71. The Hall–Kier alpha value is -0.0500. The van der Waals surface area contributed by atoms with Crippen molar-refractivity contribution in [1.29, 1.82) is 0 Å². The van der Waals surface area contributed by atoms with Crippen LogP contribution in [-0.2, 0) is 4.79 Å². The molecule has 2 fully saturated rings. The van der Waals surface area contributed by atoms with E-state index >= 15 is 0 Å². The summed E-state index contributed by atoms with van der Waals surface area (Å²) >= 11 is 3.51. The Morgan fingerprint density at radius 1 is 1.12 bits per heavy atom. The predicted molar refractivity (Wildman–Crippen MR) is 69.7 cm³/mol. The highest BCUT2D eigenvalue weighted by molar-refractivity contribution is 9.10. The molecular formula is C13H22BrNO. The average Bonchev–Trinajstić information content (AvgIpc) is 2.47. The van der Waals surface area contributed by atoms with Crippen molar-refractivity contribution >= 4 is 21.8 Å². The number of alkyl halides is 1. The van der Waals surface area contributed by atoms with E-state index in [1.807, 2.05) is 0 Å². The van der Waals surface area contributed by atoms with Gasteiger partial charge in [0.25, 0.3) is 0 Å². The Bertz CT molecular complexity index is 256. The number of hydrogen-bond acceptors (Lipinski definition) is 1. The van der Waals surface area contributed by atoms with Gasteiger partial charge in [-0.2, -0.15) is 0 Å². The van der Waals surface area contributed by atoms with Crippen molar-refractivity contribution in [1.82, 2.24) is 4.90 Å². The lowest BCUT2D eigenvalue weighted by atomic mass is 9.93. The molecule has 0 bridgehead atoms. The van der Waals surface area contributed by atoms with Gasteiger partial charge in [0.05, 0.1) is 4.83 Å². The number of nitrogens with zero attached hydrogens (tertiary/aromatic N) is 1. The lowest BCUT2D eigenvalue weighted by Gasteiger charge is -2.39.